The van der Waals surface area contributed by atoms with Crippen molar-refractivity contribution >= 4 is 52.7 Å². The summed E-state index contributed by atoms with van der Waals surface area (Å²) in [5.41, 5.74) is 1.60. The van der Waals surface area contributed by atoms with Gasteiger partial charge in [-0.15, -0.1) is 5.10 Å². The number of carbonyl (C=O) groups excluding carboxylic acids is 3. The number of aromatic nitrogens is 4. The first kappa shape index (κ1) is 34.4. The predicted molar refractivity (Wildman–Crippen MR) is 169 cm³/mol. The van der Waals surface area contributed by atoms with E-state index in [1.165, 1.54) is 60.6 Å². The van der Waals surface area contributed by atoms with Crippen LogP contribution in [0.5, 0.6) is 0 Å². The fraction of sp³-hybridized carbons (Fsp3) is 0.194. The molecule has 4 rings (SSSR count). The third-order valence-corrected chi connectivity index (χ3v) is 6.77. The fourth-order valence-electron chi connectivity index (χ4n) is 4.16. The molecule has 0 saturated heterocycles. The third kappa shape index (κ3) is 9.99. The van der Waals surface area contributed by atoms with Crippen molar-refractivity contribution in [2.24, 2.45) is 0 Å². The highest BCUT2D eigenvalue weighted by atomic mass is 35.5. The van der Waals surface area contributed by atoms with Crippen LogP contribution < -0.4 is 16.0 Å². The van der Waals surface area contributed by atoms with Crippen molar-refractivity contribution in [2.75, 3.05) is 37.6 Å². The molecule has 0 aliphatic rings. The number of benzene rings is 3. The standard InChI is InChI=1S/C31H29ClFN7O7/c1-46-14-15-47-17-28(42)35-21-6-2-19(3-7-21)16-25(30(43)36-22-8-4-20(5-9-22)31(44)45)37-27(41)13-10-23-26(40-18-34-38-39-40)12-11-24(32)29(23)33/h2-13,18,25H,14-17H2,1H3,(H,35,42)(H,36,43)(H,37,41)(H,44,45)/b13-10+/t25-/m0/s1. The Morgan fingerprint density at radius 2 is 1.70 bits per heavy atom. The summed E-state index contributed by atoms with van der Waals surface area (Å²) >= 11 is 5.97. The zero-order valence-electron chi connectivity index (χ0n) is 24.9. The van der Waals surface area contributed by atoms with Crippen molar-refractivity contribution in [1.29, 1.82) is 0 Å². The topological polar surface area (TPSA) is 187 Å². The first-order chi connectivity index (χ1) is 22.6. The smallest absolute Gasteiger partial charge is 0.335 e. The first-order valence-corrected chi connectivity index (χ1v) is 14.3. The van der Waals surface area contributed by atoms with E-state index in [0.29, 0.717) is 23.5 Å². The summed E-state index contributed by atoms with van der Waals surface area (Å²) in [6, 6.07) is 13.8. The number of carboxylic acid groups (broad SMARTS) is 1. The Bertz CT molecular complexity index is 1730. The molecule has 14 nitrogen and oxygen atoms in total. The number of nitrogens with zero attached hydrogens (tertiary/aromatic N) is 4. The minimum atomic E-state index is -1.14. The number of carboxylic acids is 1. The summed E-state index contributed by atoms with van der Waals surface area (Å²) < 4.78 is 26.2. The lowest BCUT2D eigenvalue weighted by atomic mass is 10.0. The van der Waals surface area contributed by atoms with Gasteiger partial charge in [0.2, 0.25) is 17.7 Å². The maximum absolute atomic E-state index is 15.0. The zero-order chi connectivity index (χ0) is 33.8. The molecule has 3 aromatic carbocycles. The quantitative estimate of drug-likeness (QED) is 0.109. The largest absolute Gasteiger partial charge is 0.478 e. The van der Waals surface area contributed by atoms with E-state index >= 15 is 0 Å². The van der Waals surface area contributed by atoms with Crippen molar-refractivity contribution in [3.8, 4) is 5.69 Å². The molecule has 0 aliphatic carbocycles. The average Bonchev–Trinajstić information content (AvgIpc) is 3.59. The van der Waals surface area contributed by atoms with Crippen LogP contribution in [0.25, 0.3) is 11.8 Å². The molecule has 3 amide bonds. The van der Waals surface area contributed by atoms with Crippen molar-refractivity contribution in [3.63, 3.8) is 0 Å². The molecule has 1 heterocycles. The Hall–Kier alpha value is -5.51. The summed E-state index contributed by atoms with van der Waals surface area (Å²) in [4.78, 5) is 49.8. The lowest BCUT2D eigenvalue weighted by Crippen LogP contribution is -2.44. The molecule has 0 fully saturated rings. The molecule has 1 aromatic heterocycles. The molecule has 16 heteroatoms. The fourth-order valence-corrected chi connectivity index (χ4v) is 4.33. The SMILES string of the molecule is COCCOCC(=O)Nc1ccc(C[C@H](NC(=O)/C=C/c2c(-n3cnnn3)ccc(Cl)c2F)C(=O)Nc2ccc(C(=O)O)cc2)cc1. The Morgan fingerprint density at radius 3 is 2.36 bits per heavy atom. The summed E-state index contributed by atoms with van der Waals surface area (Å²) in [5.74, 6) is -3.64. The van der Waals surface area contributed by atoms with Crippen LogP contribution in [0.15, 0.2) is 73.1 Å². The van der Waals surface area contributed by atoms with E-state index in [2.05, 4.69) is 31.5 Å². The molecule has 4 N–H and O–H groups in total. The van der Waals surface area contributed by atoms with Gasteiger partial charge in [0, 0.05) is 36.5 Å². The first-order valence-electron chi connectivity index (χ1n) is 13.9. The Balaban J connectivity index is 1.50. The van der Waals surface area contributed by atoms with Gasteiger partial charge < -0.3 is 30.5 Å². The van der Waals surface area contributed by atoms with Gasteiger partial charge in [-0.1, -0.05) is 23.7 Å². The van der Waals surface area contributed by atoms with Crippen LogP contribution in [0.1, 0.15) is 21.5 Å². The van der Waals surface area contributed by atoms with Crippen LogP contribution in [-0.4, -0.2) is 82.0 Å². The number of anilines is 2. The highest BCUT2D eigenvalue weighted by Crippen LogP contribution is 2.25. The number of nitrogens with one attached hydrogen (secondary N) is 3. The number of hydrogen-bond donors (Lipinski definition) is 4. The molecule has 0 unspecified atom stereocenters. The molecule has 0 aliphatic heterocycles. The van der Waals surface area contributed by atoms with Gasteiger partial charge in [-0.05, 0) is 70.6 Å². The number of halogens is 2. The van der Waals surface area contributed by atoms with Gasteiger partial charge in [-0.25, -0.2) is 9.18 Å². The molecular weight excluding hydrogens is 637 g/mol. The highest BCUT2D eigenvalue weighted by Gasteiger charge is 2.22. The van der Waals surface area contributed by atoms with Crippen molar-refractivity contribution in [3.05, 3.63) is 101 Å². The second-order valence-corrected chi connectivity index (χ2v) is 10.2. The van der Waals surface area contributed by atoms with Crippen molar-refractivity contribution in [2.45, 2.75) is 12.5 Å². The number of ether oxygens (including phenoxy) is 2. The van der Waals surface area contributed by atoms with Gasteiger partial charge in [0.05, 0.1) is 29.5 Å². The number of tetrazole rings is 1. The molecule has 0 bridgehead atoms. The van der Waals surface area contributed by atoms with Gasteiger partial charge >= 0.3 is 5.97 Å². The van der Waals surface area contributed by atoms with E-state index in [9.17, 15) is 23.6 Å². The molecule has 4 aromatic rings. The molecule has 0 spiro atoms. The molecule has 0 radical (unpaired) electrons. The van der Waals surface area contributed by atoms with Crippen LogP contribution in [-0.2, 0) is 30.3 Å². The number of amides is 3. The monoisotopic (exact) mass is 665 g/mol. The van der Waals surface area contributed by atoms with Crippen LogP contribution in [0.3, 0.4) is 0 Å². The predicted octanol–water partition coefficient (Wildman–Crippen LogP) is 3.13. The van der Waals surface area contributed by atoms with Crippen molar-refractivity contribution < 1.29 is 38.1 Å². The van der Waals surface area contributed by atoms with Gasteiger partial charge in [-0.2, -0.15) is 4.68 Å². The second-order valence-electron chi connectivity index (χ2n) is 9.81. The second kappa shape index (κ2) is 16.7. The lowest BCUT2D eigenvalue weighted by molar-refractivity contribution is -0.123. The van der Waals surface area contributed by atoms with Gasteiger partial charge in [0.15, 0.2) is 5.82 Å². The van der Waals surface area contributed by atoms with E-state index in [0.717, 1.165) is 6.08 Å². The molecule has 0 saturated carbocycles. The van der Waals surface area contributed by atoms with Crippen LogP contribution >= 0.6 is 11.6 Å². The summed E-state index contributed by atoms with van der Waals surface area (Å²) in [5, 5.41) is 27.8. The number of aromatic carboxylic acids is 1. The molecule has 1 atom stereocenters. The normalized spacial score (nSPS) is 11.6. The third-order valence-electron chi connectivity index (χ3n) is 6.48. The van der Waals surface area contributed by atoms with Gasteiger partial charge in [0.1, 0.15) is 19.0 Å². The minimum absolute atomic E-state index is 0.0222. The van der Waals surface area contributed by atoms with Crippen LogP contribution in [0.4, 0.5) is 15.8 Å². The summed E-state index contributed by atoms with van der Waals surface area (Å²) in [7, 11) is 1.52. The summed E-state index contributed by atoms with van der Waals surface area (Å²) in [6.07, 6.45) is 3.49. The van der Waals surface area contributed by atoms with E-state index in [1.54, 1.807) is 24.3 Å². The maximum atomic E-state index is 15.0. The maximum Gasteiger partial charge on any atom is 0.335 e. The Kier molecular flexibility index (Phi) is 12.2. The van der Waals surface area contributed by atoms with Crippen molar-refractivity contribution in [1.82, 2.24) is 25.5 Å². The summed E-state index contributed by atoms with van der Waals surface area (Å²) in [6.45, 7) is 0.470. The average molecular weight is 666 g/mol. The van der Waals surface area contributed by atoms with Crippen LogP contribution in [0, 0.1) is 5.82 Å². The van der Waals surface area contributed by atoms with E-state index in [1.807, 2.05) is 0 Å². The van der Waals surface area contributed by atoms with E-state index in [4.69, 9.17) is 26.2 Å². The molecule has 244 valence electrons. The number of methoxy groups -OCH3 is 1. The Morgan fingerprint density at radius 1 is 1.00 bits per heavy atom. The minimum Gasteiger partial charge on any atom is -0.478 e. The highest BCUT2D eigenvalue weighted by molar-refractivity contribution is 6.31. The number of hydrogen-bond acceptors (Lipinski definition) is 9. The lowest BCUT2D eigenvalue weighted by Gasteiger charge is -2.18. The van der Waals surface area contributed by atoms with Gasteiger partial charge in [-0.3, -0.25) is 14.4 Å². The van der Waals surface area contributed by atoms with Crippen LogP contribution in [0.2, 0.25) is 5.02 Å². The van der Waals surface area contributed by atoms with E-state index < -0.39 is 29.6 Å². The zero-order valence-corrected chi connectivity index (χ0v) is 25.6. The Labute approximate surface area is 272 Å². The number of rotatable bonds is 15. The van der Waals surface area contributed by atoms with E-state index in [-0.39, 0.29) is 47.4 Å². The number of carbonyl (C=O) groups is 4. The van der Waals surface area contributed by atoms with Gasteiger partial charge in [0.25, 0.3) is 0 Å². The molecular formula is C31H29ClFN7O7. The molecule has 47 heavy (non-hydrogen) atoms.